The van der Waals surface area contributed by atoms with Crippen LogP contribution in [0.5, 0.6) is 0 Å². The molecule has 7 aliphatic heterocycles. The smallest absolute Gasteiger partial charge is 0.317 e. The molecule has 23 rings (SSSR count). The van der Waals surface area contributed by atoms with Gasteiger partial charge in [0.2, 0.25) is 0 Å². The highest BCUT2D eigenvalue weighted by Crippen LogP contribution is 2.67. The van der Waals surface area contributed by atoms with E-state index in [0.717, 1.165) is 88.1 Å². The molecule has 7 heterocycles. The van der Waals surface area contributed by atoms with Crippen LogP contribution in [-0.2, 0) is 62.0 Å². The molecule has 23 aliphatic rings. The van der Waals surface area contributed by atoms with Crippen LogP contribution in [0.2, 0.25) is 0 Å². The molecule has 0 aromatic rings. The summed E-state index contributed by atoms with van der Waals surface area (Å²) in [5.74, 6) is 17.8. The highest BCUT2D eigenvalue weighted by Gasteiger charge is 2.62. The standard InChI is InChI=1S/C12H18.C10H14O2.C10H16.C9H10O3.C9H12O2.C8H10O2.C6H6O4.14C2H6.CH4/c1-2-8-5-7(1)11-9-3-4-10(6-9)12(8)11;11-10-8-2-6-1-7(3-8)5-9(4-6)12-10;1-7-2-9-4-8(1)5-10(3-7)6-9;10-8-6-4-1-2-5(3-4)7(6)9(11)12-8;10-9-8-6-2-1-5(3-6)7(8)4-11-9;9-8-6-2-4-1-5(6)7(3-4)10-8;7-5-1-3-4(10-5)2-9-6(3)8;14*1-2;/h7-12H,1-6H2;6-9H,1-5H2;7-10H,1-6H2;4-7H,1-3H2;5-8H,1-4H2;4-7H,1-3H2;3-4H,1-2H2;14*1-2H3;1H4. The fraction of sp³-hybridized carbons (Fsp3) is 0.925. The van der Waals surface area contributed by atoms with Crippen molar-refractivity contribution in [2.45, 2.75) is 393 Å². The van der Waals surface area contributed by atoms with Gasteiger partial charge in [-0.2, -0.15) is 0 Å². The Morgan fingerprint density at radius 2 is 0.604 bits per heavy atom. The number of fused-ring (bicyclic) bond motifs is 22. The number of hydrogen-bond donors (Lipinski definition) is 0. The molecule has 106 heavy (non-hydrogen) atoms. The van der Waals surface area contributed by atoms with E-state index in [-0.39, 0.29) is 98.1 Å². The lowest BCUT2D eigenvalue weighted by Crippen LogP contribution is -2.38. The van der Waals surface area contributed by atoms with E-state index in [4.69, 9.17) is 18.9 Å². The zero-order valence-electron chi connectivity index (χ0n) is 73.5. The van der Waals surface area contributed by atoms with Crippen molar-refractivity contribution in [3.63, 3.8) is 0 Å². The molecule has 0 aromatic heterocycles. The topological polar surface area (TPSA) is 175 Å². The maximum atomic E-state index is 11.4. The van der Waals surface area contributed by atoms with Crippen LogP contribution >= 0.6 is 0 Å². The monoisotopic (exact) mass is 1500 g/mol. The maximum absolute atomic E-state index is 11.4. The molecule has 7 saturated heterocycles. The van der Waals surface area contributed by atoms with E-state index in [9.17, 15) is 33.6 Å². The summed E-state index contributed by atoms with van der Waals surface area (Å²) in [5.41, 5.74) is 0. The summed E-state index contributed by atoms with van der Waals surface area (Å²) in [4.78, 5) is 77.5. The van der Waals surface area contributed by atoms with Gasteiger partial charge in [0.05, 0.1) is 42.6 Å². The van der Waals surface area contributed by atoms with Crippen molar-refractivity contribution in [1.29, 1.82) is 0 Å². The second-order valence-electron chi connectivity index (χ2n) is 29.9. The second kappa shape index (κ2) is 55.0. The zero-order chi connectivity index (χ0) is 80.0. The summed E-state index contributed by atoms with van der Waals surface area (Å²) in [6.45, 7) is 57.0. The minimum Gasteiger partial charge on any atom is -0.465 e. The summed E-state index contributed by atoms with van der Waals surface area (Å²) in [5, 5.41) is 0. The third-order valence-corrected chi connectivity index (χ3v) is 25.9. The molecular weight excluding hydrogens is 1330 g/mol. The molecule has 0 amide bonds. The molecule has 23 fully saturated rings. The van der Waals surface area contributed by atoms with Crippen molar-refractivity contribution in [2.75, 3.05) is 13.2 Å². The largest absolute Gasteiger partial charge is 0.465 e. The minimum absolute atomic E-state index is 0. The molecule has 13 nitrogen and oxygen atoms in total. The van der Waals surface area contributed by atoms with E-state index in [2.05, 4.69) is 9.47 Å². The van der Waals surface area contributed by atoms with Gasteiger partial charge < -0.3 is 28.4 Å². The van der Waals surface area contributed by atoms with Crippen LogP contribution < -0.4 is 0 Å². The third kappa shape index (κ3) is 25.2. The van der Waals surface area contributed by atoms with Crippen LogP contribution in [0, 0.1) is 148 Å². The van der Waals surface area contributed by atoms with Gasteiger partial charge in [0.15, 0.2) is 0 Å². The number of cyclic esters (lactones) is 4. The van der Waals surface area contributed by atoms with E-state index < -0.39 is 0 Å². The molecule has 16 saturated carbocycles. The Labute approximate surface area is 654 Å². The first-order valence-corrected chi connectivity index (χ1v) is 46.1. The zero-order valence-corrected chi connectivity index (χ0v) is 73.5. The van der Waals surface area contributed by atoms with E-state index >= 15 is 0 Å². The molecule has 0 aromatic carbocycles. The van der Waals surface area contributed by atoms with Crippen LogP contribution in [0.15, 0.2) is 0 Å². The molecule has 20 unspecified atom stereocenters. The van der Waals surface area contributed by atoms with Crippen LogP contribution in [-0.4, -0.2) is 73.3 Å². The highest BCUT2D eigenvalue weighted by atomic mass is 16.6. The molecule has 0 spiro atoms. The molecule has 16 aliphatic carbocycles. The predicted octanol–water partition coefficient (Wildman–Crippen LogP) is 25.0. The Morgan fingerprint density at radius 3 is 0.981 bits per heavy atom. The van der Waals surface area contributed by atoms with Gasteiger partial charge in [0.1, 0.15) is 30.8 Å². The van der Waals surface area contributed by atoms with Crippen LogP contribution in [0.4, 0.5) is 0 Å². The van der Waals surface area contributed by atoms with E-state index in [0.29, 0.717) is 47.5 Å². The fourth-order valence-electron chi connectivity index (χ4n) is 23.5. The molecular formula is C93H174O13. The molecule has 13 heteroatoms. The lowest BCUT2D eigenvalue weighted by atomic mass is 9.56. The maximum Gasteiger partial charge on any atom is 0.317 e. The van der Waals surface area contributed by atoms with Crippen molar-refractivity contribution in [2.24, 2.45) is 148 Å². The van der Waals surface area contributed by atoms with Crippen molar-refractivity contribution < 1.29 is 62.0 Å². The molecule has 624 valence electrons. The van der Waals surface area contributed by atoms with Gasteiger partial charge >= 0.3 is 41.8 Å². The average Bonchev–Trinajstić information content (AvgIpc) is 1.56. The Morgan fingerprint density at radius 1 is 0.255 bits per heavy atom. The lowest BCUT2D eigenvalue weighted by molar-refractivity contribution is -0.155. The van der Waals surface area contributed by atoms with E-state index in [1.807, 2.05) is 194 Å². The Balaban J connectivity index is 0.00000115. The highest BCUT2D eigenvalue weighted by molar-refractivity contribution is 5.97. The van der Waals surface area contributed by atoms with Crippen LogP contribution in [0.25, 0.3) is 0 Å². The first-order valence-electron chi connectivity index (χ1n) is 46.1. The Hall–Kier alpha value is -3.51. The van der Waals surface area contributed by atoms with Gasteiger partial charge in [-0.15, -0.1) is 0 Å². The van der Waals surface area contributed by atoms with E-state index in [1.54, 1.807) is 77.0 Å². The van der Waals surface area contributed by atoms with Crippen molar-refractivity contribution in [3.05, 3.63) is 0 Å². The third-order valence-electron chi connectivity index (χ3n) is 25.9. The molecule has 18 bridgehead atoms. The van der Waals surface area contributed by atoms with Gasteiger partial charge in [-0.05, 0) is 268 Å². The van der Waals surface area contributed by atoms with Crippen LogP contribution in [0.1, 0.15) is 375 Å². The van der Waals surface area contributed by atoms with Crippen molar-refractivity contribution in [3.8, 4) is 0 Å². The average molecular weight is 1500 g/mol. The van der Waals surface area contributed by atoms with Crippen molar-refractivity contribution in [1.82, 2.24) is 0 Å². The van der Waals surface area contributed by atoms with Gasteiger partial charge in [0, 0.05) is 11.8 Å². The number of esters is 7. The SMILES string of the molecule is C.C1C2CC3CC1CC(C2)C3.C1CC2CC1C1C3CCC(C3)C21.CC.CC.CC.CC.CC.CC.CC.CC.CC.CC.CC.CC.CC.CC.O=C1CC2C(=O)OCC2O1.O=C1OC(=O)C2C3CCC(C3)C12.O=C1OC2CC3CC(C2)CC1C3.O=C1OC2CC3CC1C2C3.O=C1OCC2C3CCC(C3)C12. The summed E-state index contributed by atoms with van der Waals surface area (Å²) in [7, 11) is 0. The minimum atomic E-state index is -0.313. The van der Waals surface area contributed by atoms with Gasteiger partial charge in [0.25, 0.3) is 0 Å². The summed E-state index contributed by atoms with van der Waals surface area (Å²) in [6, 6.07) is 0. The number of carbonyl (C=O) groups excluding carboxylic acids is 7. The molecule has 0 radical (unpaired) electrons. The quantitative estimate of drug-likeness (QED) is 0.0970. The summed E-state index contributed by atoms with van der Waals surface area (Å²) >= 11 is 0. The second-order valence-corrected chi connectivity index (χ2v) is 29.9. The van der Waals surface area contributed by atoms with Gasteiger partial charge in [-0.25, -0.2) is 0 Å². The number of rotatable bonds is 0. The normalized spacial score (nSPS) is 39.3. The summed E-state index contributed by atoms with van der Waals surface area (Å²) in [6.07, 6.45) is 36.6. The lowest BCUT2D eigenvalue weighted by Gasteiger charge is -2.49. The van der Waals surface area contributed by atoms with Crippen LogP contribution in [0.3, 0.4) is 0 Å². The summed E-state index contributed by atoms with van der Waals surface area (Å²) < 4.78 is 29.7. The predicted molar refractivity (Wildman–Crippen MR) is 440 cm³/mol. The first kappa shape index (κ1) is 102. The van der Waals surface area contributed by atoms with Gasteiger partial charge in [-0.3, -0.25) is 33.6 Å². The van der Waals surface area contributed by atoms with Crippen molar-refractivity contribution >= 4 is 41.8 Å². The number of ether oxygens (including phenoxy) is 6. The molecule has 20 atom stereocenters. The van der Waals surface area contributed by atoms with E-state index in [1.165, 1.54) is 91.3 Å². The Bertz CT molecular complexity index is 2240. The molecule has 0 N–H and O–H groups in total. The first-order chi connectivity index (χ1) is 51.4. The number of hydrogen-bond acceptors (Lipinski definition) is 13. The fourth-order valence-corrected chi connectivity index (χ4v) is 23.5. The van der Waals surface area contributed by atoms with Gasteiger partial charge in [-0.1, -0.05) is 201 Å². The number of carbonyl (C=O) groups is 7. The Kier molecular flexibility index (Phi) is 53.2.